The van der Waals surface area contributed by atoms with E-state index in [1.54, 1.807) is 36.1 Å². The largest absolute Gasteiger partial charge is 0.335 e. The molecular formula is C20H22FN4O2+. The molecule has 6 nitrogen and oxygen atoms in total. The number of anilines is 1. The smallest absolute Gasteiger partial charge is 0.295 e. The molecule has 7 heteroatoms. The number of amides is 1. The van der Waals surface area contributed by atoms with Crippen molar-refractivity contribution in [3.63, 3.8) is 0 Å². The molecule has 0 atom stereocenters. The molecule has 3 aromatic rings. The highest BCUT2D eigenvalue weighted by molar-refractivity contribution is 5.91. The van der Waals surface area contributed by atoms with Crippen LogP contribution in [0.25, 0.3) is 5.69 Å². The van der Waals surface area contributed by atoms with Gasteiger partial charge in [-0.3, -0.25) is 14.3 Å². The van der Waals surface area contributed by atoms with Crippen molar-refractivity contribution in [3.05, 3.63) is 82.0 Å². The third kappa shape index (κ3) is 4.15. The van der Waals surface area contributed by atoms with E-state index in [0.717, 1.165) is 11.3 Å². The van der Waals surface area contributed by atoms with Crippen molar-refractivity contribution in [2.75, 3.05) is 11.9 Å². The molecule has 1 amide bonds. The molecular weight excluding hydrogens is 347 g/mol. The fourth-order valence-electron chi connectivity index (χ4n) is 2.89. The van der Waals surface area contributed by atoms with E-state index in [0.29, 0.717) is 12.2 Å². The highest BCUT2D eigenvalue weighted by Crippen LogP contribution is 2.13. The second kappa shape index (κ2) is 8.01. The summed E-state index contributed by atoms with van der Waals surface area (Å²) in [4.78, 5) is 25.0. The molecule has 3 rings (SSSR count). The van der Waals surface area contributed by atoms with Crippen molar-refractivity contribution in [1.29, 1.82) is 0 Å². The molecule has 0 fully saturated rings. The molecule has 0 radical (unpaired) electrons. The van der Waals surface area contributed by atoms with Crippen molar-refractivity contribution < 1.29 is 14.5 Å². The molecule has 3 N–H and O–H groups in total. The fourth-order valence-corrected chi connectivity index (χ4v) is 2.89. The predicted octanol–water partition coefficient (Wildman–Crippen LogP) is 1.33. The SMILES string of the molecule is Cc1c(NC(=O)C[NH2+]Cc2ccc(F)cc2)c(=O)n(-c2ccccc2)n1C. The molecule has 140 valence electrons. The van der Waals surface area contributed by atoms with E-state index in [2.05, 4.69) is 5.32 Å². The summed E-state index contributed by atoms with van der Waals surface area (Å²) < 4.78 is 16.1. The zero-order chi connectivity index (χ0) is 19.4. The Morgan fingerprint density at radius 2 is 1.78 bits per heavy atom. The lowest BCUT2D eigenvalue weighted by atomic mass is 10.2. The van der Waals surface area contributed by atoms with Gasteiger partial charge in [-0.15, -0.1) is 0 Å². The lowest BCUT2D eigenvalue weighted by Gasteiger charge is -2.07. The van der Waals surface area contributed by atoms with Gasteiger partial charge < -0.3 is 10.6 Å². The molecule has 2 aromatic carbocycles. The first-order valence-electron chi connectivity index (χ1n) is 8.67. The number of rotatable bonds is 6. The minimum Gasteiger partial charge on any atom is -0.335 e. The number of hydrogen-bond donors (Lipinski definition) is 2. The van der Waals surface area contributed by atoms with Crippen LogP contribution in [0.4, 0.5) is 10.1 Å². The first-order valence-corrected chi connectivity index (χ1v) is 8.67. The number of hydrogen-bond acceptors (Lipinski definition) is 2. The van der Waals surface area contributed by atoms with Gasteiger partial charge in [0.25, 0.3) is 11.5 Å². The van der Waals surface area contributed by atoms with Gasteiger partial charge in [0, 0.05) is 12.6 Å². The summed E-state index contributed by atoms with van der Waals surface area (Å²) >= 11 is 0. The predicted molar refractivity (Wildman–Crippen MR) is 101 cm³/mol. The van der Waals surface area contributed by atoms with Crippen LogP contribution in [0.2, 0.25) is 0 Å². The van der Waals surface area contributed by atoms with Crippen molar-refractivity contribution in [2.45, 2.75) is 13.5 Å². The number of nitrogens with one attached hydrogen (secondary N) is 1. The molecule has 0 unspecified atom stereocenters. The zero-order valence-electron chi connectivity index (χ0n) is 15.3. The average molecular weight is 369 g/mol. The number of halogens is 1. The molecule has 0 aliphatic heterocycles. The Kier molecular flexibility index (Phi) is 5.52. The van der Waals surface area contributed by atoms with Gasteiger partial charge in [-0.05, 0) is 31.2 Å². The maximum Gasteiger partial charge on any atom is 0.295 e. The van der Waals surface area contributed by atoms with Crippen LogP contribution in [0.5, 0.6) is 0 Å². The lowest BCUT2D eigenvalue weighted by molar-refractivity contribution is -0.659. The number of carbonyl (C=O) groups excluding carboxylic acids is 1. The first kappa shape index (κ1) is 18.6. The maximum atomic E-state index is 12.9. The van der Waals surface area contributed by atoms with E-state index in [1.807, 2.05) is 30.3 Å². The summed E-state index contributed by atoms with van der Waals surface area (Å²) in [6.07, 6.45) is 0. The van der Waals surface area contributed by atoms with Crippen LogP contribution in [0, 0.1) is 12.7 Å². The monoisotopic (exact) mass is 369 g/mol. The van der Waals surface area contributed by atoms with Gasteiger partial charge in [0.15, 0.2) is 6.54 Å². The molecule has 0 saturated carbocycles. The lowest BCUT2D eigenvalue weighted by Crippen LogP contribution is -2.84. The molecule has 0 spiro atoms. The Morgan fingerprint density at radius 3 is 2.44 bits per heavy atom. The number of aromatic nitrogens is 2. The Labute approximate surface area is 156 Å². The van der Waals surface area contributed by atoms with Gasteiger partial charge in [0.05, 0.1) is 11.4 Å². The Bertz CT molecular complexity index is 991. The Hall–Kier alpha value is -3.19. The molecule has 1 aromatic heterocycles. The Morgan fingerprint density at radius 1 is 1.11 bits per heavy atom. The second-order valence-electron chi connectivity index (χ2n) is 6.31. The summed E-state index contributed by atoms with van der Waals surface area (Å²) in [6.45, 7) is 2.50. The van der Waals surface area contributed by atoms with Crippen molar-refractivity contribution in [1.82, 2.24) is 9.36 Å². The fraction of sp³-hybridized carbons (Fsp3) is 0.200. The van der Waals surface area contributed by atoms with E-state index in [4.69, 9.17) is 0 Å². The third-order valence-corrected chi connectivity index (χ3v) is 4.44. The van der Waals surface area contributed by atoms with Crippen LogP contribution in [-0.4, -0.2) is 21.8 Å². The zero-order valence-corrected chi connectivity index (χ0v) is 15.3. The highest BCUT2D eigenvalue weighted by atomic mass is 19.1. The van der Waals surface area contributed by atoms with E-state index < -0.39 is 0 Å². The molecule has 0 aliphatic carbocycles. The van der Waals surface area contributed by atoms with Gasteiger partial charge in [-0.1, -0.05) is 30.3 Å². The van der Waals surface area contributed by atoms with Gasteiger partial charge in [-0.2, -0.15) is 0 Å². The number of carbonyl (C=O) groups is 1. The second-order valence-corrected chi connectivity index (χ2v) is 6.31. The molecule has 27 heavy (non-hydrogen) atoms. The quantitative estimate of drug-likeness (QED) is 0.688. The average Bonchev–Trinajstić information content (AvgIpc) is 2.87. The van der Waals surface area contributed by atoms with Gasteiger partial charge in [-0.25, -0.2) is 9.07 Å². The topological polar surface area (TPSA) is 72.6 Å². The third-order valence-electron chi connectivity index (χ3n) is 4.44. The maximum absolute atomic E-state index is 12.9. The van der Waals surface area contributed by atoms with Crippen LogP contribution in [0.15, 0.2) is 59.4 Å². The van der Waals surface area contributed by atoms with Crippen LogP contribution in [-0.2, 0) is 18.4 Å². The molecule has 0 aliphatic rings. The number of benzene rings is 2. The van der Waals surface area contributed by atoms with Crippen molar-refractivity contribution >= 4 is 11.6 Å². The van der Waals surface area contributed by atoms with E-state index in [9.17, 15) is 14.0 Å². The summed E-state index contributed by atoms with van der Waals surface area (Å²) in [5.41, 5.74) is 2.34. The minimum absolute atomic E-state index is 0.163. The normalized spacial score (nSPS) is 10.8. The van der Waals surface area contributed by atoms with Crippen LogP contribution in [0.3, 0.4) is 0 Å². The summed E-state index contributed by atoms with van der Waals surface area (Å²) in [7, 11) is 1.78. The van der Waals surface area contributed by atoms with Crippen LogP contribution >= 0.6 is 0 Å². The van der Waals surface area contributed by atoms with Gasteiger partial charge >= 0.3 is 0 Å². The number of nitrogens with zero attached hydrogens (tertiary/aromatic N) is 2. The van der Waals surface area contributed by atoms with E-state index >= 15 is 0 Å². The Balaban J connectivity index is 1.67. The summed E-state index contributed by atoms with van der Waals surface area (Å²) in [6, 6.07) is 15.4. The molecule has 1 heterocycles. The first-order chi connectivity index (χ1) is 13.0. The molecule has 0 bridgehead atoms. The van der Waals surface area contributed by atoms with E-state index in [-0.39, 0.29) is 29.5 Å². The highest BCUT2D eigenvalue weighted by Gasteiger charge is 2.18. The number of nitrogens with two attached hydrogens (primary N) is 1. The number of para-hydroxylation sites is 1. The van der Waals surface area contributed by atoms with Crippen LogP contribution < -0.4 is 16.2 Å². The minimum atomic E-state index is -0.286. The van der Waals surface area contributed by atoms with Gasteiger partial charge in [0.2, 0.25) is 0 Å². The van der Waals surface area contributed by atoms with Crippen molar-refractivity contribution in [2.24, 2.45) is 7.05 Å². The number of quaternary nitrogens is 1. The van der Waals surface area contributed by atoms with Gasteiger partial charge in [0.1, 0.15) is 18.0 Å². The standard InChI is InChI=1S/C20H21FN4O2/c1-14-19(20(27)25(24(14)2)17-6-4-3-5-7-17)23-18(26)13-22-12-15-8-10-16(21)11-9-15/h3-11,22H,12-13H2,1-2H3,(H,23,26)/p+1. The summed E-state index contributed by atoms with van der Waals surface area (Å²) in [5, 5.41) is 4.52. The summed E-state index contributed by atoms with van der Waals surface area (Å²) in [5.74, 6) is -0.547. The van der Waals surface area contributed by atoms with E-state index in [1.165, 1.54) is 16.8 Å². The molecule has 0 saturated heterocycles. The van der Waals surface area contributed by atoms with Crippen LogP contribution in [0.1, 0.15) is 11.3 Å². The van der Waals surface area contributed by atoms with Crippen molar-refractivity contribution in [3.8, 4) is 5.69 Å².